The van der Waals surface area contributed by atoms with E-state index in [1.807, 2.05) is 25.1 Å². The molecular formula is C21H27N5O3. The van der Waals surface area contributed by atoms with Gasteiger partial charge in [-0.05, 0) is 24.6 Å². The van der Waals surface area contributed by atoms with E-state index in [9.17, 15) is 9.59 Å². The molecule has 1 aromatic carbocycles. The van der Waals surface area contributed by atoms with Crippen molar-refractivity contribution >= 4 is 23.3 Å². The number of morpholine rings is 1. The fraction of sp³-hybridized carbons (Fsp3) is 0.381. The third kappa shape index (κ3) is 5.75. The number of benzene rings is 1. The molecule has 8 heteroatoms. The molecular weight excluding hydrogens is 370 g/mol. The number of rotatable bonds is 6. The van der Waals surface area contributed by atoms with Crippen molar-refractivity contribution < 1.29 is 14.3 Å². The maximum Gasteiger partial charge on any atom is 0.313 e. The van der Waals surface area contributed by atoms with Crippen molar-refractivity contribution in [3.05, 3.63) is 53.7 Å². The number of anilines is 2. The standard InChI is InChI=1S/C21H27N5O3/c1-15-4-3-5-16(12-15)18(26-8-10-29-11-9-26)14-24-20(27)21(28)25-17-6-7-19(22-2)23-13-17/h3-7,12-13,18H,8-11,14H2,1-2H3,(H,22,23)(H,24,27)(H,25,28). The van der Waals surface area contributed by atoms with Gasteiger partial charge in [0.1, 0.15) is 5.82 Å². The highest BCUT2D eigenvalue weighted by Crippen LogP contribution is 2.22. The van der Waals surface area contributed by atoms with E-state index in [1.165, 1.54) is 6.20 Å². The van der Waals surface area contributed by atoms with Gasteiger partial charge in [-0.15, -0.1) is 0 Å². The number of pyridine rings is 1. The number of amides is 2. The van der Waals surface area contributed by atoms with Gasteiger partial charge >= 0.3 is 11.8 Å². The quantitative estimate of drug-likeness (QED) is 0.641. The van der Waals surface area contributed by atoms with E-state index in [0.29, 0.717) is 31.3 Å². The zero-order chi connectivity index (χ0) is 20.6. The highest BCUT2D eigenvalue weighted by atomic mass is 16.5. The van der Waals surface area contributed by atoms with Crippen molar-refractivity contribution in [2.45, 2.75) is 13.0 Å². The molecule has 1 saturated heterocycles. The predicted octanol–water partition coefficient (Wildman–Crippen LogP) is 1.56. The van der Waals surface area contributed by atoms with Crippen LogP contribution in [0.1, 0.15) is 17.2 Å². The smallest absolute Gasteiger partial charge is 0.313 e. The third-order valence-electron chi connectivity index (χ3n) is 4.85. The second-order valence-corrected chi connectivity index (χ2v) is 6.92. The maximum atomic E-state index is 12.4. The summed E-state index contributed by atoms with van der Waals surface area (Å²) in [6.45, 7) is 5.26. The molecule has 1 aromatic heterocycles. The molecule has 1 aliphatic rings. The molecule has 0 spiro atoms. The Morgan fingerprint density at radius 2 is 1.97 bits per heavy atom. The molecule has 8 nitrogen and oxygen atoms in total. The van der Waals surface area contributed by atoms with Gasteiger partial charge in [-0.2, -0.15) is 0 Å². The Kier molecular flexibility index (Phi) is 7.15. The lowest BCUT2D eigenvalue weighted by molar-refractivity contribution is -0.136. The summed E-state index contributed by atoms with van der Waals surface area (Å²) in [6.07, 6.45) is 1.50. The predicted molar refractivity (Wildman–Crippen MR) is 112 cm³/mol. The summed E-state index contributed by atoms with van der Waals surface area (Å²) >= 11 is 0. The van der Waals surface area contributed by atoms with Gasteiger partial charge in [-0.3, -0.25) is 14.5 Å². The molecule has 2 heterocycles. The van der Waals surface area contributed by atoms with Crippen LogP contribution in [0.4, 0.5) is 11.5 Å². The second-order valence-electron chi connectivity index (χ2n) is 6.92. The maximum absolute atomic E-state index is 12.4. The summed E-state index contributed by atoms with van der Waals surface area (Å²) in [5, 5.41) is 8.24. The zero-order valence-corrected chi connectivity index (χ0v) is 16.8. The Bertz CT molecular complexity index is 834. The topological polar surface area (TPSA) is 95.6 Å². The highest BCUT2D eigenvalue weighted by molar-refractivity contribution is 6.39. The molecule has 1 unspecified atom stereocenters. The van der Waals surface area contributed by atoms with E-state index in [4.69, 9.17) is 4.74 Å². The molecule has 1 aliphatic heterocycles. The minimum Gasteiger partial charge on any atom is -0.379 e. The average Bonchev–Trinajstić information content (AvgIpc) is 2.75. The third-order valence-corrected chi connectivity index (χ3v) is 4.85. The largest absolute Gasteiger partial charge is 0.379 e. The zero-order valence-electron chi connectivity index (χ0n) is 16.8. The van der Waals surface area contributed by atoms with E-state index in [0.717, 1.165) is 24.2 Å². The van der Waals surface area contributed by atoms with Gasteiger partial charge in [0.25, 0.3) is 0 Å². The number of nitrogens with zero attached hydrogens (tertiary/aromatic N) is 2. The van der Waals surface area contributed by atoms with Crippen LogP contribution in [0.15, 0.2) is 42.6 Å². The first-order valence-corrected chi connectivity index (χ1v) is 9.68. The van der Waals surface area contributed by atoms with Crippen LogP contribution in [-0.4, -0.2) is 61.6 Å². The molecule has 2 aromatic rings. The first kappa shape index (κ1) is 20.8. The van der Waals surface area contributed by atoms with Gasteiger partial charge in [0, 0.05) is 26.7 Å². The minimum atomic E-state index is -0.714. The molecule has 3 N–H and O–H groups in total. The summed E-state index contributed by atoms with van der Waals surface area (Å²) in [5.74, 6) is -0.707. The van der Waals surface area contributed by atoms with E-state index in [2.05, 4.69) is 31.9 Å². The highest BCUT2D eigenvalue weighted by Gasteiger charge is 2.24. The van der Waals surface area contributed by atoms with Crippen LogP contribution in [-0.2, 0) is 14.3 Å². The van der Waals surface area contributed by atoms with Gasteiger partial charge < -0.3 is 20.7 Å². The Balaban J connectivity index is 1.62. The summed E-state index contributed by atoms with van der Waals surface area (Å²) in [6, 6.07) is 11.6. The molecule has 2 amide bonds. The lowest BCUT2D eigenvalue weighted by atomic mass is 10.0. The number of carbonyl (C=O) groups is 2. The van der Waals surface area contributed by atoms with Crippen LogP contribution in [0.25, 0.3) is 0 Å². The fourth-order valence-corrected chi connectivity index (χ4v) is 3.30. The van der Waals surface area contributed by atoms with E-state index < -0.39 is 11.8 Å². The molecule has 1 atom stereocenters. The second kappa shape index (κ2) is 9.99. The number of nitrogens with one attached hydrogen (secondary N) is 3. The number of aromatic nitrogens is 1. The summed E-state index contributed by atoms with van der Waals surface area (Å²) in [4.78, 5) is 31.0. The number of carbonyl (C=O) groups excluding carboxylic acids is 2. The van der Waals surface area contributed by atoms with Crippen LogP contribution in [0.2, 0.25) is 0 Å². The Labute approximate surface area is 170 Å². The number of hydrogen-bond acceptors (Lipinski definition) is 6. The fourth-order valence-electron chi connectivity index (χ4n) is 3.30. The van der Waals surface area contributed by atoms with E-state index in [-0.39, 0.29) is 6.04 Å². The van der Waals surface area contributed by atoms with Gasteiger partial charge in [-0.25, -0.2) is 4.98 Å². The lowest BCUT2D eigenvalue weighted by Crippen LogP contribution is -2.45. The van der Waals surface area contributed by atoms with Crippen LogP contribution in [0.3, 0.4) is 0 Å². The molecule has 3 rings (SSSR count). The van der Waals surface area contributed by atoms with Gasteiger partial charge in [0.2, 0.25) is 0 Å². The SMILES string of the molecule is CNc1ccc(NC(=O)C(=O)NCC(c2cccc(C)c2)N2CCOCC2)cn1. The van der Waals surface area contributed by atoms with Crippen molar-refractivity contribution in [1.82, 2.24) is 15.2 Å². The molecule has 29 heavy (non-hydrogen) atoms. The molecule has 0 radical (unpaired) electrons. The Morgan fingerprint density at radius 3 is 2.62 bits per heavy atom. The van der Waals surface area contributed by atoms with Crippen molar-refractivity contribution in [3.63, 3.8) is 0 Å². The molecule has 0 aliphatic carbocycles. The molecule has 1 fully saturated rings. The van der Waals surface area contributed by atoms with Crippen molar-refractivity contribution in [2.24, 2.45) is 0 Å². The Hall–Kier alpha value is -2.97. The first-order valence-electron chi connectivity index (χ1n) is 9.68. The Morgan fingerprint density at radius 1 is 1.17 bits per heavy atom. The molecule has 154 valence electrons. The van der Waals surface area contributed by atoms with Gasteiger partial charge in [0.15, 0.2) is 0 Å². The molecule has 0 saturated carbocycles. The number of ether oxygens (including phenoxy) is 1. The van der Waals surface area contributed by atoms with E-state index in [1.54, 1.807) is 19.2 Å². The van der Waals surface area contributed by atoms with Crippen LogP contribution in [0, 0.1) is 6.92 Å². The van der Waals surface area contributed by atoms with Crippen molar-refractivity contribution in [2.75, 3.05) is 50.5 Å². The monoisotopic (exact) mass is 397 g/mol. The van der Waals surface area contributed by atoms with Gasteiger partial charge in [-0.1, -0.05) is 29.8 Å². The van der Waals surface area contributed by atoms with Crippen LogP contribution < -0.4 is 16.0 Å². The number of hydrogen-bond donors (Lipinski definition) is 3. The van der Waals surface area contributed by atoms with Crippen LogP contribution in [0.5, 0.6) is 0 Å². The van der Waals surface area contributed by atoms with Gasteiger partial charge in [0.05, 0.1) is 31.1 Å². The normalized spacial score (nSPS) is 15.4. The van der Waals surface area contributed by atoms with Crippen molar-refractivity contribution in [3.8, 4) is 0 Å². The first-order chi connectivity index (χ1) is 14.1. The number of aryl methyl sites for hydroxylation is 1. The van der Waals surface area contributed by atoms with Crippen LogP contribution >= 0.6 is 0 Å². The average molecular weight is 397 g/mol. The summed E-state index contributed by atoms with van der Waals surface area (Å²) in [5.41, 5.74) is 2.73. The lowest BCUT2D eigenvalue weighted by Gasteiger charge is -2.35. The summed E-state index contributed by atoms with van der Waals surface area (Å²) < 4.78 is 5.45. The minimum absolute atomic E-state index is 0.0212. The van der Waals surface area contributed by atoms with Crippen molar-refractivity contribution in [1.29, 1.82) is 0 Å². The summed E-state index contributed by atoms with van der Waals surface area (Å²) in [7, 11) is 1.76. The van der Waals surface area contributed by atoms with E-state index >= 15 is 0 Å². The molecule has 0 bridgehead atoms.